The second kappa shape index (κ2) is 6.80. The Labute approximate surface area is 157 Å². The molecule has 0 aliphatic rings. The van der Waals surface area contributed by atoms with Gasteiger partial charge in [-0.3, -0.25) is 0 Å². The molecule has 0 atom stereocenters. The number of ether oxygens (including phenoxy) is 2. The number of hydrogen-bond donors (Lipinski definition) is 0. The van der Waals surface area contributed by atoms with Crippen LogP contribution in [-0.4, -0.2) is 19.7 Å². The van der Waals surface area contributed by atoms with Crippen molar-refractivity contribution in [1.82, 2.24) is 0 Å². The summed E-state index contributed by atoms with van der Waals surface area (Å²) in [5, 5.41) is 2.81. The molecule has 1 heterocycles. The van der Waals surface area contributed by atoms with Gasteiger partial charge in [0, 0.05) is 10.9 Å². The van der Waals surface area contributed by atoms with Crippen LogP contribution in [0.4, 0.5) is 0 Å². The van der Waals surface area contributed by atoms with Crippen LogP contribution < -0.4 is 4.74 Å². The van der Waals surface area contributed by atoms with Crippen molar-refractivity contribution in [2.75, 3.05) is 13.7 Å². The Morgan fingerprint density at radius 2 is 1.89 bits per heavy atom. The van der Waals surface area contributed by atoms with Gasteiger partial charge < -0.3 is 13.9 Å². The van der Waals surface area contributed by atoms with Crippen LogP contribution in [0.1, 0.15) is 22.8 Å². The maximum Gasteiger partial charge on any atom is 0.342 e. The molecule has 0 unspecified atom stereocenters. The maximum absolute atomic E-state index is 12.9. The molecule has 4 nitrogen and oxygen atoms in total. The Kier molecular flexibility index (Phi) is 4.32. The number of hydrogen-bond acceptors (Lipinski definition) is 4. The molecule has 0 fully saturated rings. The van der Waals surface area contributed by atoms with Gasteiger partial charge in [-0.25, -0.2) is 4.79 Å². The lowest BCUT2D eigenvalue weighted by molar-refractivity contribution is 0.0529. The van der Waals surface area contributed by atoms with E-state index in [1.165, 1.54) is 0 Å². The molecular formula is C23H20O4. The second-order valence-corrected chi connectivity index (χ2v) is 6.37. The first kappa shape index (κ1) is 17.2. The lowest BCUT2D eigenvalue weighted by Gasteiger charge is -2.08. The molecule has 1 aromatic heterocycles. The van der Waals surface area contributed by atoms with E-state index in [1.807, 2.05) is 61.5 Å². The number of aryl methyl sites for hydroxylation is 1. The molecular weight excluding hydrogens is 340 g/mol. The molecule has 0 N–H and O–H groups in total. The van der Waals surface area contributed by atoms with Crippen molar-refractivity contribution in [2.45, 2.75) is 13.8 Å². The highest BCUT2D eigenvalue weighted by atomic mass is 16.5. The Morgan fingerprint density at radius 3 is 2.63 bits per heavy atom. The summed E-state index contributed by atoms with van der Waals surface area (Å²) in [6, 6.07) is 17.6. The minimum atomic E-state index is -0.377. The molecule has 0 bridgehead atoms. The number of rotatable bonds is 4. The van der Waals surface area contributed by atoms with Crippen molar-refractivity contribution < 1.29 is 18.7 Å². The second-order valence-electron chi connectivity index (χ2n) is 6.37. The van der Waals surface area contributed by atoms with Crippen LogP contribution in [-0.2, 0) is 4.74 Å². The Bertz CT molecular complexity index is 1150. The summed E-state index contributed by atoms with van der Waals surface area (Å²) in [6.45, 7) is 4.08. The van der Waals surface area contributed by atoms with Crippen molar-refractivity contribution >= 4 is 27.7 Å². The van der Waals surface area contributed by atoms with Crippen LogP contribution in [0, 0.1) is 6.92 Å². The first-order valence-corrected chi connectivity index (χ1v) is 8.90. The zero-order chi connectivity index (χ0) is 19.0. The Morgan fingerprint density at radius 1 is 1.07 bits per heavy atom. The molecule has 3 aromatic carbocycles. The Hall–Kier alpha value is -3.27. The minimum absolute atomic E-state index is 0.303. The van der Waals surface area contributed by atoms with Gasteiger partial charge in [0.2, 0.25) is 0 Å². The van der Waals surface area contributed by atoms with Gasteiger partial charge in [-0.2, -0.15) is 0 Å². The fraction of sp³-hybridized carbons (Fsp3) is 0.174. The predicted molar refractivity (Wildman–Crippen MR) is 106 cm³/mol. The van der Waals surface area contributed by atoms with Gasteiger partial charge in [0.25, 0.3) is 0 Å². The lowest BCUT2D eigenvalue weighted by Crippen LogP contribution is -2.05. The van der Waals surface area contributed by atoms with Crippen LogP contribution in [0.15, 0.2) is 59.0 Å². The summed E-state index contributed by atoms with van der Waals surface area (Å²) >= 11 is 0. The van der Waals surface area contributed by atoms with Crippen molar-refractivity contribution in [1.29, 1.82) is 0 Å². The number of methoxy groups -OCH3 is 1. The monoisotopic (exact) mass is 360 g/mol. The van der Waals surface area contributed by atoms with E-state index < -0.39 is 0 Å². The van der Waals surface area contributed by atoms with Gasteiger partial charge in [-0.1, -0.05) is 30.3 Å². The summed E-state index contributed by atoms with van der Waals surface area (Å²) in [4.78, 5) is 12.9. The van der Waals surface area contributed by atoms with Crippen molar-refractivity contribution in [3.8, 4) is 17.1 Å². The molecule has 4 heteroatoms. The third kappa shape index (κ3) is 2.83. The fourth-order valence-electron chi connectivity index (χ4n) is 3.47. The van der Waals surface area contributed by atoms with E-state index in [0.717, 1.165) is 33.0 Å². The lowest BCUT2D eigenvalue weighted by atomic mass is 9.98. The molecule has 0 spiro atoms. The van der Waals surface area contributed by atoms with E-state index >= 15 is 0 Å². The number of furan rings is 1. The average molecular weight is 360 g/mol. The molecule has 0 aliphatic carbocycles. The van der Waals surface area contributed by atoms with Gasteiger partial charge in [-0.15, -0.1) is 0 Å². The third-order valence-electron chi connectivity index (χ3n) is 4.74. The molecule has 0 aliphatic heterocycles. The summed E-state index contributed by atoms with van der Waals surface area (Å²) < 4.78 is 16.8. The largest absolute Gasteiger partial charge is 0.497 e. The smallest absolute Gasteiger partial charge is 0.342 e. The molecule has 4 rings (SSSR count). The van der Waals surface area contributed by atoms with Gasteiger partial charge in [-0.05, 0) is 54.4 Å². The van der Waals surface area contributed by atoms with Crippen LogP contribution in [0.3, 0.4) is 0 Å². The standard InChI is InChI=1S/C23H20O4/c1-4-26-23(24)21-20-18-8-6-5-7-15(18)9-12-19(20)27-22(21)17-11-10-16(25-3)13-14(17)2/h5-13H,4H2,1-3H3. The summed E-state index contributed by atoms with van der Waals surface area (Å²) in [5.74, 6) is 0.910. The first-order valence-electron chi connectivity index (χ1n) is 8.90. The zero-order valence-corrected chi connectivity index (χ0v) is 15.5. The van der Waals surface area contributed by atoms with E-state index in [-0.39, 0.29) is 5.97 Å². The fourth-order valence-corrected chi connectivity index (χ4v) is 3.47. The van der Waals surface area contributed by atoms with Gasteiger partial charge in [0.15, 0.2) is 0 Å². The summed E-state index contributed by atoms with van der Waals surface area (Å²) in [5.41, 5.74) is 2.95. The molecule has 136 valence electrons. The highest BCUT2D eigenvalue weighted by molar-refractivity contribution is 6.18. The molecule has 4 aromatic rings. The number of fused-ring (bicyclic) bond motifs is 3. The van der Waals surface area contributed by atoms with Crippen LogP contribution in [0.25, 0.3) is 33.1 Å². The number of carbonyl (C=O) groups is 1. The summed E-state index contributed by atoms with van der Waals surface area (Å²) in [6.07, 6.45) is 0. The van der Waals surface area contributed by atoms with Crippen molar-refractivity contribution in [3.63, 3.8) is 0 Å². The van der Waals surface area contributed by atoms with Crippen molar-refractivity contribution in [2.24, 2.45) is 0 Å². The highest BCUT2D eigenvalue weighted by Crippen LogP contribution is 2.39. The first-order chi connectivity index (χ1) is 13.1. The van der Waals surface area contributed by atoms with Gasteiger partial charge >= 0.3 is 5.97 Å². The zero-order valence-electron chi connectivity index (χ0n) is 15.5. The quantitative estimate of drug-likeness (QED) is 0.435. The average Bonchev–Trinajstić information content (AvgIpc) is 3.07. The van der Waals surface area contributed by atoms with E-state index in [2.05, 4.69) is 0 Å². The molecule has 0 radical (unpaired) electrons. The van der Waals surface area contributed by atoms with Gasteiger partial charge in [0.05, 0.1) is 13.7 Å². The van der Waals surface area contributed by atoms with Crippen LogP contribution in [0.2, 0.25) is 0 Å². The number of benzene rings is 3. The van der Waals surface area contributed by atoms with E-state index in [1.54, 1.807) is 14.0 Å². The topological polar surface area (TPSA) is 48.7 Å². The molecule has 27 heavy (non-hydrogen) atoms. The number of esters is 1. The molecule has 0 amide bonds. The highest BCUT2D eigenvalue weighted by Gasteiger charge is 2.25. The SMILES string of the molecule is CCOC(=O)c1c(-c2ccc(OC)cc2C)oc2ccc3ccccc3c12. The normalized spacial score (nSPS) is 11.1. The van der Waals surface area contributed by atoms with Gasteiger partial charge in [0.1, 0.15) is 22.7 Å². The maximum atomic E-state index is 12.9. The Balaban J connectivity index is 2.07. The van der Waals surface area contributed by atoms with E-state index in [4.69, 9.17) is 13.9 Å². The van der Waals surface area contributed by atoms with E-state index in [9.17, 15) is 4.79 Å². The molecule has 0 saturated heterocycles. The predicted octanol–water partition coefficient (Wildman–Crippen LogP) is 5.75. The number of carbonyl (C=O) groups excluding carboxylic acids is 1. The summed E-state index contributed by atoms with van der Waals surface area (Å²) in [7, 11) is 1.63. The van der Waals surface area contributed by atoms with Crippen LogP contribution in [0.5, 0.6) is 5.75 Å². The molecule has 0 saturated carbocycles. The minimum Gasteiger partial charge on any atom is -0.497 e. The van der Waals surface area contributed by atoms with E-state index in [0.29, 0.717) is 23.5 Å². The van der Waals surface area contributed by atoms with Crippen LogP contribution >= 0.6 is 0 Å². The van der Waals surface area contributed by atoms with Crippen molar-refractivity contribution in [3.05, 3.63) is 65.7 Å². The third-order valence-corrected chi connectivity index (χ3v) is 4.74.